The van der Waals surface area contributed by atoms with Crippen LogP contribution in [0.15, 0.2) is 18.2 Å². The van der Waals surface area contributed by atoms with Gasteiger partial charge in [0.05, 0.1) is 11.9 Å². The molecule has 0 unspecified atom stereocenters. The van der Waals surface area contributed by atoms with E-state index in [-0.39, 0.29) is 5.91 Å². The summed E-state index contributed by atoms with van der Waals surface area (Å²) in [6.45, 7) is 6.06. The lowest BCUT2D eigenvalue weighted by Gasteiger charge is -2.30. The summed E-state index contributed by atoms with van der Waals surface area (Å²) in [5.41, 5.74) is 2.37. The van der Waals surface area contributed by atoms with Crippen LogP contribution in [0.25, 0.3) is 0 Å². The van der Waals surface area contributed by atoms with Crippen LogP contribution in [0.3, 0.4) is 0 Å². The summed E-state index contributed by atoms with van der Waals surface area (Å²) in [4.78, 5) is 12.6. The molecule has 1 aromatic carbocycles. The fourth-order valence-electron chi connectivity index (χ4n) is 3.52. The molecule has 25 heavy (non-hydrogen) atoms. The summed E-state index contributed by atoms with van der Waals surface area (Å²) in [7, 11) is -3.57. The van der Waals surface area contributed by atoms with Gasteiger partial charge in [0.1, 0.15) is 6.04 Å². The molecule has 1 amide bonds. The minimum Gasteiger partial charge on any atom is -0.354 e. The van der Waals surface area contributed by atoms with Gasteiger partial charge in [-0.25, -0.2) is 8.42 Å². The Morgan fingerprint density at radius 2 is 1.88 bits per heavy atom. The van der Waals surface area contributed by atoms with Gasteiger partial charge in [-0.15, -0.1) is 0 Å². The number of nitrogens with one attached hydrogen (secondary N) is 1. The zero-order chi connectivity index (χ0) is 18.6. The van der Waals surface area contributed by atoms with Crippen molar-refractivity contribution in [1.82, 2.24) is 5.32 Å². The lowest BCUT2D eigenvalue weighted by Crippen LogP contribution is -2.49. The van der Waals surface area contributed by atoms with Gasteiger partial charge in [0.2, 0.25) is 15.9 Å². The van der Waals surface area contributed by atoms with Crippen molar-refractivity contribution >= 4 is 21.6 Å². The van der Waals surface area contributed by atoms with Crippen molar-refractivity contribution in [3.8, 4) is 0 Å². The molecule has 0 aromatic heterocycles. The summed E-state index contributed by atoms with van der Waals surface area (Å²) >= 11 is 0. The number of carbonyl (C=O) groups is 1. The van der Waals surface area contributed by atoms with Gasteiger partial charge in [-0.2, -0.15) is 0 Å². The molecule has 0 saturated heterocycles. The number of sulfonamides is 1. The van der Waals surface area contributed by atoms with E-state index in [1.165, 1.54) is 23.6 Å². The van der Waals surface area contributed by atoms with Gasteiger partial charge in [-0.05, 0) is 56.7 Å². The van der Waals surface area contributed by atoms with Crippen LogP contribution < -0.4 is 9.62 Å². The summed E-state index contributed by atoms with van der Waals surface area (Å²) in [6.07, 6.45) is 7.14. The van der Waals surface area contributed by atoms with Crippen LogP contribution in [0.1, 0.15) is 50.2 Å². The molecule has 0 bridgehead atoms. The van der Waals surface area contributed by atoms with E-state index >= 15 is 0 Å². The highest BCUT2D eigenvalue weighted by molar-refractivity contribution is 7.92. The minimum atomic E-state index is -3.57. The summed E-state index contributed by atoms with van der Waals surface area (Å²) < 4.78 is 26.0. The van der Waals surface area contributed by atoms with Crippen LogP contribution in [0.5, 0.6) is 0 Å². The summed E-state index contributed by atoms with van der Waals surface area (Å²) in [5, 5.41) is 2.96. The second-order valence-electron chi connectivity index (χ2n) is 7.27. The molecule has 0 spiro atoms. The lowest BCUT2D eigenvalue weighted by atomic mass is 9.89. The molecule has 140 valence electrons. The Kier molecular flexibility index (Phi) is 6.49. The lowest BCUT2D eigenvalue weighted by molar-refractivity contribution is -0.122. The fourth-order valence-corrected chi connectivity index (χ4v) is 4.75. The third kappa shape index (κ3) is 5.21. The molecule has 0 heterocycles. The van der Waals surface area contributed by atoms with Gasteiger partial charge < -0.3 is 5.32 Å². The van der Waals surface area contributed by atoms with Gasteiger partial charge in [0.25, 0.3) is 0 Å². The number of hydrogen-bond acceptors (Lipinski definition) is 3. The summed E-state index contributed by atoms with van der Waals surface area (Å²) in [5.74, 6) is 0.272. The maximum absolute atomic E-state index is 12.6. The van der Waals surface area contributed by atoms with Gasteiger partial charge in [0.15, 0.2) is 0 Å². The summed E-state index contributed by atoms with van der Waals surface area (Å²) in [6, 6.07) is 4.86. The number of anilines is 1. The van der Waals surface area contributed by atoms with Crippen LogP contribution in [0.2, 0.25) is 0 Å². The second kappa shape index (κ2) is 8.21. The number of carbonyl (C=O) groups excluding carboxylic acids is 1. The number of benzene rings is 1. The predicted octanol–water partition coefficient (Wildman–Crippen LogP) is 3.15. The monoisotopic (exact) mass is 366 g/mol. The average molecular weight is 367 g/mol. The Bertz CT molecular complexity index is 709. The van der Waals surface area contributed by atoms with E-state index < -0.39 is 16.1 Å². The maximum atomic E-state index is 12.6. The van der Waals surface area contributed by atoms with Crippen molar-refractivity contribution < 1.29 is 13.2 Å². The van der Waals surface area contributed by atoms with E-state index in [1.54, 1.807) is 6.92 Å². The van der Waals surface area contributed by atoms with Crippen LogP contribution in [-0.2, 0) is 14.8 Å². The molecule has 0 aliphatic heterocycles. The first-order chi connectivity index (χ1) is 11.7. The minimum absolute atomic E-state index is 0.239. The van der Waals surface area contributed by atoms with Gasteiger partial charge in [-0.3, -0.25) is 9.10 Å². The Labute approximate surface area is 151 Å². The first-order valence-corrected chi connectivity index (χ1v) is 10.9. The highest BCUT2D eigenvalue weighted by Crippen LogP contribution is 2.27. The largest absolute Gasteiger partial charge is 0.354 e. The van der Waals surface area contributed by atoms with E-state index in [4.69, 9.17) is 0 Å². The Hall–Kier alpha value is -1.56. The molecular weight excluding hydrogens is 336 g/mol. The third-order valence-corrected chi connectivity index (χ3v) is 6.21. The quantitative estimate of drug-likeness (QED) is 0.841. The Balaban J connectivity index is 2.16. The van der Waals surface area contributed by atoms with Gasteiger partial charge >= 0.3 is 0 Å². The molecule has 2 rings (SSSR count). The molecular formula is C19H30N2O3S. The first kappa shape index (κ1) is 19.8. The van der Waals surface area contributed by atoms with E-state index in [0.29, 0.717) is 18.2 Å². The molecule has 1 saturated carbocycles. The van der Waals surface area contributed by atoms with E-state index in [0.717, 1.165) is 30.2 Å². The SMILES string of the molecule is Cc1ccc(C)c(N([C@@H](C)C(=O)NCC2CCCCC2)S(C)(=O)=O)c1. The Morgan fingerprint density at radius 1 is 1.24 bits per heavy atom. The van der Waals surface area contributed by atoms with E-state index in [9.17, 15) is 13.2 Å². The Morgan fingerprint density at radius 3 is 2.48 bits per heavy atom. The van der Waals surface area contributed by atoms with Crippen LogP contribution in [-0.4, -0.2) is 33.2 Å². The molecule has 1 aliphatic carbocycles. The van der Waals surface area contributed by atoms with Crippen LogP contribution in [0, 0.1) is 19.8 Å². The smallest absolute Gasteiger partial charge is 0.243 e. The molecule has 6 heteroatoms. The highest BCUT2D eigenvalue weighted by Gasteiger charge is 2.30. The second-order valence-corrected chi connectivity index (χ2v) is 9.13. The highest BCUT2D eigenvalue weighted by atomic mass is 32.2. The van der Waals surface area contributed by atoms with Crippen LogP contribution in [0.4, 0.5) is 5.69 Å². The molecule has 0 radical (unpaired) electrons. The zero-order valence-electron chi connectivity index (χ0n) is 15.7. The molecule has 1 aromatic rings. The van der Waals surface area contributed by atoms with Gasteiger partial charge in [0, 0.05) is 6.54 Å². The van der Waals surface area contributed by atoms with Crippen LogP contribution >= 0.6 is 0 Å². The first-order valence-electron chi connectivity index (χ1n) is 9.04. The third-order valence-electron chi connectivity index (χ3n) is 4.98. The molecule has 5 nitrogen and oxygen atoms in total. The van der Waals surface area contributed by atoms with E-state index in [1.807, 2.05) is 32.0 Å². The molecule has 1 N–H and O–H groups in total. The molecule has 1 aliphatic rings. The fraction of sp³-hybridized carbons (Fsp3) is 0.632. The number of amides is 1. The maximum Gasteiger partial charge on any atom is 0.243 e. The molecule has 1 atom stereocenters. The van der Waals surface area contributed by atoms with E-state index in [2.05, 4.69) is 5.32 Å². The number of aryl methyl sites for hydroxylation is 2. The van der Waals surface area contributed by atoms with Gasteiger partial charge in [-0.1, -0.05) is 31.4 Å². The number of rotatable bonds is 6. The van der Waals surface area contributed by atoms with Crippen molar-refractivity contribution in [3.63, 3.8) is 0 Å². The van der Waals surface area contributed by atoms with Crippen molar-refractivity contribution in [2.24, 2.45) is 5.92 Å². The van der Waals surface area contributed by atoms with Crippen molar-refractivity contribution in [2.45, 2.75) is 58.9 Å². The van der Waals surface area contributed by atoms with Crippen molar-refractivity contribution in [1.29, 1.82) is 0 Å². The van der Waals surface area contributed by atoms with Crippen molar-refractivity contribution in [3.05, 3.63) is 29.3 Å². The standard InChI is InChI=1S/C19H30N2O3S/c1-14-10-11-15(2)18(12-14)21(25(4,23)24)16(3)19(22)20-13-17-8-6-5-7-9-17/h10-12,16-17H,5-9,13H2,1-4H3,(H,20,22)/t16-/m0/s1. The predicted molar refractivity (Wildman–Crippen MR) is 102 cm³/mol. The number of nitrogens with zero attached hydrogens (tertiary/aromatic N) is 1. The topological polar surface area (TPSA) is 66.5 Å². The zero-order valence-corrected chi connectivity index (χ0v) is 16.5. The van der Waals surface area contributed by atoms with Crippen molar-refractivity contribution in [2.75, 3.05) is 17.1 Å². The average Bonchev–Trinajstić information content (AvgIpc) is 2.55. The molecule has 1 fully saturated rings. The number of hydrogen-bond donors (Lipinski definition) is 1. The normalized spacial score (nSPS) is 17.1.